The van der Waals surface area contributed by atoms with E-state index in [0.717, 1.165) is 34.7 Å². The van der Waals surface area contributed by atoms with E-state index in [4.69, 9.17) is 4.98 Å². The second kappa shape index (κ2) is 10.7. The Hall–Kier alpha value is -3.36. The normalized spacial score (nSPS) is 24.2. The first-order valence-corrected chi connectivity index (χ1v) is 13.3. The third-order valence-corrected chi connectivity index (χ3v) is 8.05. The number of likely N-dealkylation sites (N-methyl/N-ethyl adjacent to an activating group) is 1. The molecule has 2 aliphatic heterocycles. The first-order chi connectivity index (χ1) is 17.6. The predicted molar refractivity (Wildman–Crippen MR) is 144 cm³/mol. The molecule has 186 valence electrons. The van der Waals surface area contributed by atoms with E-state index in [9.17, 15) is 9.59 Å². The van der Waals surface area contributed by atoms with Crippen LogP contribution in [0.15, 0.2) is 71.1 Å². The van der Waals surface area contributed by atoms with Crippen molar-refractivity contribution in [3.8, 4) is 0 Å². The summed E-state index contributed by atoms with van der Waals surface area (Å²) < 4.78 is 0. The molecular formula is C28H31N5O2S. The van der Waals surface area contributed by atoms with Crippen molar-refractivity contribution in [2.45, 2.75) is 43.9 Å². The Bertz CT molecular complexity index is 1230. The highest BCUT2D eigenvalue weighted by Crippen LogP contribution is 2.39. The van der Waals surface area contributed by atoms with E-state index < -0.39 is 12.1 Å². The molecule has 1 aromatic carbocycles. The van der Waals surface area contributed by atoms with Crippen LogP contribution in [0.25, 0.3) is 5.57 Å². The number of aliphatic imine (C=N–C) groups is 1. The average molecular weight is 502 g/mol. The SMILES string of the molecule is CN[C@@H](C)C(=O)N[C@H](C(=O)N1CCC[C@H]1c1nc(C2=CC=NC3C=CC=CC23)cs1)c1ccccc1. The molecule has 1 aliphatic carbocycles. The molecule has 5 rings (SSSR count). The van der Waals surface area contributed by atoms with Crippen LogP contribution in [0.3, 0.4) is 0 Å². The van der Waals surface area contributed by atoms with Crippen LogP contribution in [0.4, 0.5) is 0 Å². The second-order valence-corrected chi connectivity index (χ2v) is 10.2. The molecule has 36 heavy (non-hydrogen) atoms. The van der Waals surface area contributed by atoms with Gasteiger partial charge in [-0.25, -0.2) is 4.98 Å². The number of nitrogens with zero attached hydrogens (tertiary/aromatic N) is 3. The number of likely N-dealkylation sites (tertiary alicyclic amines) is 1. The third kappa shape index (κ3) is 4.83. The minimum atomic E-state index is -0.744. The average Bonchev–Trinajstić information content (AvgIpc) is 3.61. The summed E-state index contributed by atoms with van der Waals surface area (Å²) in [6.07, 6.45) is 14.1. The van der Waals surface area contributed by atoms with E-state index in [2.05, 4.69) is 39.2 Å². The number of hydrogen-bond donors (Lipinski definition) is 2. The molecule has 1 saturated heterocycles. The maximum Gasteiger partial charge on any atom is 0.250 e. The number of benzene rings is 1. The van der Waals surface area contributed by atoms with Crippen LogP contribution in [0, 0.1) is 5.92 Å². The molecule has 1 aromatic heterocycles. The molecule has 0 bridgehead atoms. The molecule has 2 unspecified atom stereocenters. The summed E-state index contributed by atoms with van der Waals surface area (Å²) in [6.45, 7) is 2.43. The molecule has 2 aromatic rings. The van der Waals surface area contributed by atoms with Gasteiger partial charge in [-0.15, -0.1) is 11.3 Å². The van der Waals surface area contributed by atoms with E-state index in [1.54, 1.807) is 25.3 Å². The van der Waals surface area contributed by atoms with Crippen molar-refractivity contribution in [2.24, 2.45) is 10.9 Å². The van der Waals surface area contributed by atoms with Gasteiger partial charge in [0.15, 0.2) is 0 Å². The van der Waals surface area contributed by atoms with Crippen LogP contribution in [-0.2, 0) is 9.59 Å². The molecule has 7 nitrogen and oxygen atoms in total. The Balaban J connectivity index is 1.39. The molecule has 2 N–H and O–H groups in total. The maximum atomic E-state index is 13.9. The number of fused-ring (bicyclic) bond motifs is 1. The van der Waals surface area contributed by atoms with Crippen molar-refractivity contribution < 1.29 is 9.59 Å². The number of allylic oxidation sites excluding steroid dienone is 3. The topological polar surface area (TPSA) is 86.7 Å². The standard InChI is InChI=1S/C28H31N5O2S/c1-18(29-2)26(34)32-25(19-9-4-3-5-10-19)28(35)33-16-8-13-24(33)27-31-23(17-36-27)21-14-15-30-22-12-7-6-11-20(21)22/h3-7,9-12,14-15,17-18,20,22,24-25,29H,8,13,16H2,1-2H3,(H,32,34)/t18-,20?,22?,24-,25-/m0/s1. The van der Waals surface area contributed by atoms with E-state index in [1.807, 2.05) is 53.6 Å². The zero-order valence-corrected chi connectivity index (χ0v) is 21.3. The monoisotopic (exact) mass is 501 g/mol. The molecule has 0 spiro atoms. The zero-order chi connectivity index (χ0) is 25.1. The van der Waals surface area contributed by atoms with Gasteiger partial charge in [-0.05, 0) is 44.0 Å². The molecule has 3 heterocycles. The van der Waals surface area contributed by atoms with Gasteiger partial charge in [0.25, 0.3) is 0 Å². The van der Waals surface area contributed by atoms with Gasteiger partial charge >= 0.3 is 0 Å². The summed E-state index contributed by atoms with van der Waals surface area (Å²) in [5.74, 6) is -0.119. The van der Waals surface area contributed by atoms with Crippen LogP contribution in [0.1, 0.15) is 48.1 Å². The fraction of sp³-hybridized carbons (Fsp3) is 0.357. The first kappa shape index (κ1) is 24.3. The first-order valence-electron chi connectivity index (χ1n) is 12.4. The molecule has 8 heteroatoms. The number of aromatic nitrogens is 1. The fourth-order valence-electron chi connectivity index (χ4n) is 4.97. The molecule has 5 atom stereocenters. The summed E-state index contributed by atoms with van der Waals surface area (Å²) in [7, 11) is 1.73. The quantitative estimate of drug-likeness (QED) is 0.603. The maximum absolute atomic E-state index is 13.9. The Morgan fingerprint density at radius 3 is 2.78 bits per heavy atom. The fourth-order valence-corrected chi connectivity index (χ4v) is 5.95. The van der Waals surface area contributed by atoms with Crippen LogP contribution >= 0.6 is 11.3 Å². The number of carbonyl (C=O) groups is 2. The molecule has 2 amide bonds. The van der Waals surface area contributed by atoms with Gasteiger partial charge in [-0.1, -0.05) is 54.6 Å². The smallest absolute Gasteiger partial charge is 0.250 e. The van der Waals surface area contributed by atoms with E-state index in [1.165, 1.54) is 0 Å². The van der Waals surface area contributed by atoms with Gasteiger partial charge in [-0.3, -0.25) is 14.6 Å². The summed E-state index contributed by atoms with van der Waals surface area (Å²) in [5, 5.41) is 8.95. The van der Waals surface area contributed by atoms with Crippen molar-refractivity contribution >= 4 is 34.9 Å². The lowest BCUT2D eigenvalue weighted by atomic mass is 9.85. The molecule has 0 radical (unpaired) electrons. The number of thiazole rings is 1. The van der Waals surface area contributed by atoms with Gasteiger partial charge in [-0.2, -0.15) is 0 Å². The van der Waals surface area contributed by atoms with Crippen molar-refractivity contribution in [3.05, 3.63) is 82.4 Å². The number of nitrogens with one attached hydrogen (secondary N) is 2. The van der Waals surface area contributed by atoms with Crippen LogP contribution in [0.5, 0.6) is 0 Å². The summed E-state index contributed by atoms with van der Waals surface area (Å²) >= 11 is 1.60. The van der Waals surface area contributed by atoms with Crippen molar-refractivity contribution in [1.29, 1.82) is 0 Å². The lowest BCUT2D eigenvalue weighted by Crippen LogP contribution is -2.47. The minimum absolute atomic E-state index is 0.0958. The van der Waals surface area contributed by atoms with E-state index in [0.29, 0.717) is 6.54 Å². The number of dihydropyridines is 1. The zero-order valence-electron chi connectivity index (χ0n) is 20.5. The number of hydrogen-bond acceptors (Lipinski definition) is 6. The number of rotatable bonds is 7. The van der Waals surface area contributed by atoms with Gasteiger partial charge in [0.2, 0.25) is 11.8 Å². The van der Waals surface area contributed by atoms with Gasteiger partial charge < -0.3 is 15.5 Å². The Morgan fingerprint density at radius 2 is 1.97 bits per heavy atom. The molecule has 3 aliphatic rings. The molecular weight excluding hydrogens is 470 g/mol. The number of amides is 2. The summed E-state index contributed by atoms with van der Waals surface area (Å²) in [5.41, 5.74) is 2.88. The van der Waals surface area contributed by atoms with Crippen molar-refractivity contribution in [2.75, 3.05) is 13.6 Å². The Kier molecular flexibility index (Phi) is 7.25. The van der Waals surface area contributed by atoms with Gasteiger partial charge in [0, 0.05) is 24.1 Å². The van der Waals surface area contributed by atoms with E-state index >= 15 is 0 Å². The lowest BCUT2D eigenvalue weighted by molar-refractivity contribution is -0.137. The Morgan fingerprint density at radius 1 is 1.17 bits per heavy atom. The van der Waals surface area contributed by atoms with Crippen LogP contribution < -0.4 is 10.6 Å². The third-order valence-electron chi connectivity index (χ3n) is 7.11. The predicted octanol–water partition coefficient (Wildman–Crippen LogP) is 3.85. The minimum Gasteiger partial charge on any atom is -0.339 e. The molecule has 0 saturated carbocycles. The van der Waals surface area contributed by atoms with Crippen LogP contribution in [-0.4, -0.2) is 53.6 Å². The molecule has 1 fully saturated rings. The van der Waals surface area contributed by atoms with Crippen LogP contribution in [0.2, 0.25) is 0 Å². The number of carbonyl (C=O) groups excluding carboxylic acids is 2. The highest BCUT2D eigenvalue weighted by molar-refractivity contribution is 7.09. The largest absolute Gasteiger partial charge is 0.339 e. The van der Waals surface area contributed by atoms with Gasteiger partial charge in [0.05, 0.1) is 23.8 Å². The highest BCUT2D eigenvalue weighted by atomic mass is 32.1. The highest BCUT2D eigenvalue weighted by Gasteiger charge is 2.37. The summed E-state index contributed by atoms with van der Waals surface area (Å²) in [4.78, 5) is 38.1. The lowest BCUT2D eigenvalue weighted by Gasteiger charge is -2.29. The summed E-state index contributed by atoms with van der Waals surface area (Å²) in [6, 6.07) is 8.33. The van der Waals surface area contributed by atoms with Crippen molar-refractivity contribution in [3.63, 3.8) is 0 Å². The van der Waals surface area contributed by atoms with Crippen molar-refractivity contribution in [1.82, 2.24) is 20.5 Å². The second-order valence-electron chi connectivity index (χ2n) is 9.33. The van der Waals surface area contributed by atoms with Gasteiger partial charge in [0.1, 0.15) is 11.0 Å². The Labute approximate surface area is 215 Å². The van der Waals surface area contributed by atoms with E-state index in [-0.39, 0.29) is 29.8 Å².